The highest BCUT2D eigenvalue weighted by Crippen LogP contribution is 2.22. The third kappa shape index (κ3) is 1.89. The first kappa shape index (κ1) is 10.3. The molecule has 0 fully saturated rings. The fraction of sp³-hybridized carbons (Fsp3) is 0.0714. The molecule has 0 aliphatic rings. The Hall–Kier alpha value is -1.87. The first-order valence-electron chi connectivity index (χ1n) is 5.36. The van der Waals surface area contributed by atoms with Crippen molar-refractivity contribution in [2.24, 2.45) is 0 Å². The topological polar surface area (TPSA) is 30.2 Å². The highest BCUT2D eigenvalue weighted by Gasteiger charge is 2.13. The van der Waals surface area contributed by atoms with Gasteiger partial charge in [0.25, 0.3) is 0 Å². The number of Topliss-reactive ketones (excluding diaryl/α,β-unsaturated/α-hetero) is 1. The number of para-hydroxylation sites is 1. The summed E-state index contributed by atoms with van der Waals surface area (Å²) in [6, 6.07) is 11.5. The summed E-state index contributed by atoms with van der Waals surface area (Å²) >= 11 is 1.60. The molecule has 2 nitrogen and oxygen atoms in total. The minimum atomic E-state index is 0.109. The van der Waals surface area contributed by atoms with Crippen molar-refractivity contribution in [2.75, 3.05) is 0 Å². The molecule has 17 heavy (non-hydrogen) atoms. The van der Waals surface area contributed by atoms with E-state index in [-0.39, 0.29) is 5.78 Å². The number of hydrogen-bond acceptors (Lipinski definition) is 3. The molecule has 0 bridgehead atoms. The number of furan rings is 1. The third-order valence-corrected chi connectivity index (χ3v) is 3.57. The van der Waals surface area contributed by atoms with Crippen LogP contribution in [0.15, 0.2) is 52.5 Å². The van der Waals surface area contributed by atoms with Gasteiger partial charge in [-0.25, -0.2) is 0 Å². The van der Waals surface area contributed by atoms with Crippen molar-refractivity contribution in [3.05, 3.63) is 58.5 Å². The fourth-order valence-corrected chi connectivity index (χ4v) is 2.56. The summed E-state index contributed by atoms with van der Waals surface area (Å²) in [5.41, 5.74) is 1.44. The van der Waals surface area contributed by atoms with Crippen LogP contribution < -0.4 is 0 Å². The molecular weight excluding hydrogens is 232 g/mol. The maximum atomic E-state index is 12.1. The third-order valence-electron chi connectivity index (χ3n) is 2.70. The molecule has 0 amide bonds. The SMILES string of the molecule is O=C(Cc1cccs1)c1coc2ccccc12. The van der Waals surface area contributed by atoms with Gasteiger partial charge in [-0.1, -0.05) is 24.3 Å². The van der Waals surface area contributed by atoms with Gasteiger partial charge in [-0.05, 0) is 17.5 Å². The van der Waals surface area contributed by atoms with E-state index in [0.717, 1.165) is 15.8 Å². The quantitative estimate of drug-likeness (QED) is 0.652. The van der Waals surface area contributed by atoms with E-state index < -0.39 is 0 Å². The molecule has 3 heteroatoms. The van der Waals surface area contributed by atoms with Crippen LogP contribution in [0.25, 0.3) is 11.0 Å². The number of rotatable bonds is 3. The number of ketones is 1. The van der Waals surface area contributed by atoms with Gasteiger partial charge in [0.1, 0.15) is 11.8 Å². The zero-order valence-corrected chi connectivity index (χ0v) is 9.87. The number of carbonyl (C=O) groups is 1. The smallest absolute Gasteiger partial charge is 0.171 e. The minimum Gasteiger partial charge on any atom is -0.464 e. The number of benzene rings is 1. The molecule has 0 unspecified atom stereocenters. The molecule has 3 rings (SSSR count). The van der Waals surface area contributed by atoms with Crippen LogP contribution in [0.5, 0.6) is 0 Å². The number of thiophene rings is 1. The van der Waals surface area contributed by atoms with Gasteiger partial charge in [-0.3, -0.25) is 4.79 Å². The average Bonchev–Trinajstić information content (AvgIpc) is 2.96. The molecule has 0 aliphatic carbocycles. The van der Waals surface area contributed by atoms with Crippen molar-refractivity contribution in [1.29, 1.82) is 0 Å². The normalized spacial score (nSPS) is 10.8. The van der Waals surface area contributed by atoms with E-state index in [2.05, 4.69) is 0 Å². The van der Waals surface area contributed by atoms with Gasteiger partial charge in [0.15, 0.2) is 5.78 Å². The Morgan fingerprint density at radius 3 is 2.88 bits per heavy atom. The Morgan fingerprint density at radius 2 is 2.06 bits per heavy atom. The zero-order valence-electron chi connectivity index (χ0n) is 9.05. The Balaban J connectivity index is 1.96. The van der Waals surface area contributed by atoms with Crippen LogP contribution in [0.3, 0.4) is 0 Å². The lowest BCUT2D eigenvalue weighted by atomic mass is 10.1. The summed E-state index contributed by atoms with van der Waals surface area (Å²) < 4.78 is 5.37. The fourth-order valence-electron chi connectivity index (χ4n) is 1.86. The second-order valence-corrected chi connectivity index (χ2v) is 4.86. The second kappa shape index (κ2) is 4.18. The molecule has 0 atom stereocenters. The zero-order chi connectivity index (χ0) is 11.7. The van der Waals surface area contributed by atoms with Gasteiger partial charge in [0, 0.05) is 16.7 Å². The minimum absolute atomic E-state index is 0.109. The van der Waals surface area contributed by atoms with Crippen LogP contribution in [0.4, 0.5) is 0 Å². The second-order valence-electron chi connectivity index (χ2n) is 3.82. The summed E-state index contributed by atoms with van der Waals surface area (Å²) in [7, 11) is 0. The van der Waals surface area contributed by atoms with Crippen LogP contribution in [-0.4, -0.2) is 5.78 Å². The van der Waals surface area contributed by atoms with Crippen molar-refractivity contribution in [3.8, 4) is 0 Å². The molecule has 2 aromatic heterocycles. The van der Waals surface area contributed by atoms with Gasteiger partial charge >= 0.3 is 0 Å². The first-order chi connectivity index (χ1) is 8.34. The van der Waals surface area contributed by atoms with Gasteiger partial charge in [-0.2, -0.15) is 0 Å². The maximum absolute atomic E-state index is 12.1. The lowest BCUT2D eigenvalue weighted by Gasteiger charge is -1.95. The van der Waals surface area contributed by atoms with E-state index in [4.69, 9.17) is 4.42 Å². The van der Waals surface area contributed by atoms with Crippen molar-refractivity contribution in [2.45, 2.75) is 6.42 Å². The molecule has 0 N–H and O–H groups in total. The van der Waals surface area contributed by atoms with E-state index in [9.17, 15) is 4.79 Å². The molecule has 1 aromatic carbocycles. The molecule has 0 spiro atoms. The van der Waals surface area contributed by atoms with Gasteiger partial charge < -0.3 is 4.42 Å². The van der Waals surface area contributed by atoms with E-state index in [1.165, 1.54) is 0 Å². The molecule has 0 aliphatic heterocycles. The predicted molar refractivity (Wildman–Crippen MR) is 68.6 cm³/mol. The van der Waals surface area contributed by atoms with Crippen molar-refractivity contribution in [1.82, 2.24) is 0 Å². The molecule has 84 valence electrons. The standard InChI is InChI=1S/C14H10O2S/c15-13(8-10-4-3-7-17-10)12-9-16-14-6-2-1-5-11(12)14/h1-7,9H,8H2. The summed E-state index contributed by atoms with van der Waals surface area (Å²) in [5, 5.41) is 2.88. The maximum Gasteiger partial charge on any atom is 0.171 e. The highest BCUT2D eigenvalue weighted by atomic mass is 32.1. The Morgan fingerprint density at radius 1 is 1.18 bits per heavy atom. The van der Waals surface area contributed by atoms with Gasteiger partial charge in [-0.15, -0.1) is 11.3 Å². The monoisotopic (exact) mass is 242 g/mol. The van der Waals surface area contributed by atoms with E-state index in [0.29, 0.717) is 12.0 Å². The lowest BCUT2D eigenvalue weighted by molar-refractivity contribution is 0.0994. The molecule has 2 heterocycles. The van der Waals surface area contributed by atoms with Crippen LogP contribution in [0.1, 0.15) is 15.2 Å². The summed E-state index contributed by atoms with van der Waals surface area (Å²) in [6.45, 7) is 0. The molecule has 0 saturated carbocycles. The molecular formula is C14H10O2S. The molecule has 3 aromatic rings. The first-order valence-corrected chi connectivity index (χ1v) is 6.24. The summed E-state index contributed by atoms with van der Waals surface area (Å²) in [5.74, 6) is 0.109. The number of carbonyl (C=O) groups excluding carboxylic acids is 1. The lowest BCUT2D eigenvalue weighted by Crippen LogP contribution is -2.00. The number of fused-ring (bicyclic) bond motifs is 1. The van der Waals surface area contributed by atoms with E-state index in [1.807, 2.05) is 41.8 Å². The number of hydrogen-bond donors (Lipinski definition) is 0. The van der Waals surface area contributed by atoms with Gasteiger partial charge in [0.05, 0.1) is 5.56 Å². The highest BCUT2D eigenvalue weighted by molar-refractivity contribution is 7.10. The van der Waals surface area contributed by atoms with Crippen LogP contribution in [0.2, 0.25) is 0 Å². The Kier molecular flexibility index (Phi) is 2.53. The van der Waals surface area contributed by atoms with E-state index >= 15 is 0 Å². The van der Waals surface area contributed by atoms with E-state index in [1.54, 1.807) is 17.6 Å². The summed E-state index contributed by atoms with van der Waals surface area (Å²) in [4.78, 5) is 13.2. The van der Waals surface area contributed by atoms with Crippen molar-refractivity contribution in [3.63, 3.8) is 0 Å². The van der Waals surface area contributed by atoms with Crippen molar-refractivity contribution < 1.29 is 9.21 Å². The largest absolute Gasteiger partial charge is 0.464 e. The van der Waals surface area contributed by atoms with Crippen LogP contribution >= 0.6 is 11.3 Å². The van der Waals surface area contributed by atoms with Crippen molar-refractivity contribution >= 4 is 28.1 Å². The predicted octanol–water partition coefficient (Wildman–Crippen LogP) is 3.92. The summed E-state index contributed by atoms with van der Waals surface area (Å²) in [6.07, 6.45) is 2.00. The molecule has 0 saturated heterocycles. The van der Waals surface area contributed by atoms with Crippen LogP contribution in [0, 0.1) is 0 Å². The average molecular weight is 242 g/mol. The molecule has 0 radical (unpaired) electrons. The van der Waals surface area contributed by atoms with Crippen LogP contribution in [-0.2, 0) is 6.42 Å². The van der Waals surface area contributed by atoms with Gasteiger partial charge in [0.2, 0.25) is 0 Å². The Bertz CT molecular complexity index is 650. The Labute approximate surface area is 102 Å².